The van der Waals surface area contributed by atoms with Crippen molar-refractivity contribution < 1.29 is 23.9 Å². The molecule has 0 bridgehead atoms. The lowest BCUT2D eigenvalue weighted by Crippen LogP contribution is -2.41. The van der Waals surface area contributed by atoms with Gasteiger partial charge < -0.3 is 9.47 Å². The number of ether oxygens (including phenoxy) is 2. The van der Waals surface area contributed by atoms with Crippen LogP contribution in [-0.2, 0) is 4.74 Å². The van der Waals surface area contributed by atoms with E-state index in [-0.39, 0.29) is 11.1 Å². The van der Waals surface area contributed by atoms with Crippen LogP contribution in [0.4, 0.5) is 10.5 Å². The molecule has 0 aliphatic carbocycles. The number of amides is 3. The molecule has 2 rings (SSSR count). The Kier molecular flexibility index (Phi) is 7.06. The Morgan fingerprint density at radius 2 is 1.55 bits per heavy atom. The van der Waals surface area contributed by atoms with Gasteiger partial charge in [-0.15, -0.1) is 0 Å². The van der Waals surface area contributed by atoms with Gasteiger partial charge in [0.1, 0.15) is 11.4 Å². The van der Waals surface area contributed by atoms with Crippen molar-refractivity contribution in [3.63, 3.8) is 0 Å². The lowest BCUT2D eigenvalue weighted by molar-refractivity contribution is 0.0635. The fourth-order valence-electron chi connectivity index (χ4n) is 2.24. The van der Waals surface area contributed by atoms with Gasteiger partial charge in [0.25, 0.3) is 11.8 Å². The minimum absolute atomic E-state index is 0.178. The fourth-order valence-corrected chi connectivity index (χ4v) is 2.41. The summed E-state index contributed by atoms with van der Waals surface area (Å²) in [4.78, 5) is 36.3. The van der Waals surface area contributed by atoms with Crippen LogP contribution in [0.2, 0.25) is 5.02 Å². The molecule has 29 heavy (non-hydrogen) atoms. The Bertz CT molecular complexity index is 907. The number of nitrogens with one attached hydrogen (secondary N) is 3. The molecule has 0 radical (unpaired) electrons. The van der Waals surface area contributed by atoms with Crippen molar-refractivity contribution in [1.29, 1.82) is 0 Å². The molecule has 2 aromatic carbocycles. The Labute approximate surface area is 173 Å². The van der Waals surface area contributed by atoms with E-state index < -0.39 is 23.5 Å². The molecule has 3 N–H and O–H groups in total. The SMILES string of the molecule is COc1ccc(Cl)cc1C(=O)NNC(=O)c1ccc(NC(=O)OC(C)(C)C)cc1. The van der Waals surface area contributed by atoms with Gasteiger partial charge in [0, 0.05) is 16.3 Å². The number of hydrogen-bond acceptors (Lipinski definition) is 5. The van der Waals surface area contributed by atoms with Gasteiger partial charge >= 0.3 is 6.09 Å². The zero-order chi connectivity index (χ0) is 21.6. The lowest BCUT2D eigenvalue weighted by Gasteiger charge is -2.19. The highest BCUT2D eigenvalue weighted by Crippen LogP contribution is 2.22. The van der Waals surface area contributed by atoms with E-state index in [1.54, 1.807) is 45.0 Å². The molecule has 0 heterocycles. The van der Waals surface area contributed by atoms with Crippen LogP contribution >= 0.6 is 11.6 Å². The molecule has 154 valence electrons. The van der Waals surface area contributed by atoms with E-state index in [4.69, 9.17) is 21.1 Å². The van der Waals surface area contributed by atoms with Crippen molar-refractivity contribution in [2.24, 2.45) is 0 Å². The van der Waals surface area contributed by atoms with Crippen molar-refractivity contribution in [2.75, 3.05) is 12.4 Å². The molecule has 0 atom stereocenters. The van der Waals surface area contributed by atoms with Crippen LogP contribution in [0.3, 0.4) is 0 Å². The maximum absolute atomic E-state index is 12.3. The number of halogens is 1. The third-order valence-corrected chi connectivity index (χ3v) is 3.72. The second-order valence-electron chi connectivity index (χ2n) is 6.96. The quantitative estimate of drug-likeness (QED) is 0.654. The molecule has 8 nitrogen and oxygen atoms in total. The molecular formula is C20H22ClN3O5. The Hall–Kier alpha value is -3.26. The van der Waals surface area contributed by atoms with E-state index >= 15 is 0 Å². The highest BCUT2D eigenvalue weighted by atomic mass is 35.5. The summed E-state index contributed by atoms with van der Waals surface area (Å²) < 4.78 is 10.3. The second kappa shape index (κ2) is 9.29. The molecule has 3 amide bonds. The number of hydrogen-bond donors (Lipinski definition) is 3. The van der Waals surface area contributed by atoms with Gasteiger partial charge in [-0.25, -0.2) is 4.79 Å². The number of hydrazine groups is 1. The molecule has 0 saturated heterocycles. The first-order chi connectivity index (χ1) is 13.6. The van der Waals surface area contributed by atoms with Gasteiger partial charge in [0.2, 0.25) is 0 Å². The first kappa shape index (κ1) is 22.0. The predicted octanol–water partition coefficient (Wildman–Crippen LogP) is 3.77. The molecule has 0 spiro atoms. The van der Waals surface area contributed by atoms with Crippen LogP contribution < -0.4 is 20.9 Å². The van der Waals surface area contributed by atoms with Crippen molar-refractivity contribution >= 4 is 35.2 Å². The predicted molar refractivity (Wildman–Crippen MR) is 109 cm³/mol. The average Bonchev–Trinajstić information content (AvgIpc) is 2.64. The number of benzene rings is 2. The van der Waals surface area contributed by atoms with Crippen molar-refractivity contribution in [2.45, 2.75) is 26.4 Å². The highest BCUT2D eigenvalue weighted by molar-refractivity contribution is 6.31. The monoisotopic (exact) mass is 419 g/mol. The van der Waals surface area contributed by atoms with Crippen LogP contribution in [0.5, 0.6) is 5.75 Å². The molecule has 2 aromatic rings. The first-order valence-corrected chi connectivity index (χ1v) is 9.01. The van der Waals surface area contributed by atoms with E-state index in [9.17, 15) is 14.4 Å². The Balaban J connectivity index is 1.95. The van der Waals surface area contributed by atoms with E-state index in [0.29, 0.717) is 16.5 Å². The summed E-state index contributed by atoms with van der Waals surface area (Å²) in [6.07, 6.45) is -0.600. The minimum Gasteiger partial charge on any atom is -0.496 e. The molecular weight excluding hydrogens is 398 g/mol. The fraction of sp³-hybridized carbons (Fsp3) is 0.250. The standard InChI is InChI=1S/C20H22ClN3O5/c1-20(2,3)29-19(27)22-14-8-5-12(6-9-14)17(25)23-24-18(26)15-11-13(21)7-10-16(15)28-4/h5-11H,1-4H3,(H,22,27)(H,23,25)(H,24,26). The zero-order valence-corrected chi connectivity index (χ0v) is 17.2. The van der Waals surface area contributed by atoms with E-state index in [0.717, 1.165) is 0 Å². The molecule has 0 aliphatic rings. The molecule has 0 aromatic heterocycles. The van der Waals surface area contributed by atoms with E-state index in [1.165, 1.54) is 25.3 Å². The third kappa shape index (κ3) is 6.69. The van der Waals surface area contributed by atoms with Crippen molar-refractivity contribution in [3.8, 4) is 5.75 Å². The smallest absolute Gasteiger partial charge is 0.412 e. The number of methoxy groups -OCH3 is 1. The maximum Gasteiger partial charge on any atom is 0.412 e. The van der Waals surface area contributed by atoms with Crippen molar-refractivity contribution in [1.82, 2.24) is 10.9 Å². The first-order valence-electron chi connectivity index (χ1n) is 8.63. The molecule has 0 aliphatic heterocycles. The summed E-state index contributed by atoms with van der Waals surface area (Å²) in [6.45, 7) is 5.27. The summed E-state index contributed by atoms with van der Waals surface area (Å²) in [5, 5.41) is 2.92. The van der Waals surface area contributed by atoms with Gasteiger partial charge in [0.15, 0.2) is 0 Å². The molecule has 0 unspecified atom stereocenters. The lowest BCUT2D eigenvalue weighted by atomic mass is 10.2. The molecule has 0 saturated carbocycles. The second-order valence-corrected chi connectivity index (χ2v) is 7.39. The van der Waals surface area contributed by atoms with Gasteiger partial charge in [0.05, 0.1) is 12.7 Å². The summed E-state index contributed by atoms with van der Waals surface area (Å²) in [6, 6.07) is 10.6. The van der Waals surface area contributed by atoms with Gasteiger partial charge in [-0.05, 0) is 63.2 Å². The molecule has 9 heteroatoms. The average molecular weight is 420 g/mol. The largest absolute Gasteiger partial charge is 0.496 e. The highest BCUT2D eigenvalue weighted by Gasteiger charge is 2.17. The summed E-state index contributed by atoms with van der Waals surface area (Å²) in [7, 11) is 1.42. The van der Waals surface area contributed by atoms with Gasteiger partial charge in [-0.2, -0.15) is 0 Å². The number of anilines is 1. The van der Waals surface area contributed by atoms with E-state index in [2.05, 4.69) is 16.2 Å². The van der Waals surface area contributed by atoms with Crippen LogP contribution in [0.1, 0.15) is 41.5 Å². The number of carbonyl (C=O) groups is 3. The third-order valence-electron chi connectivity index (χ3n) is 3.49. The van der Waals surface area contributed by atoms with Crippen LogP contribution in [-0.4, -0.2) is 30.6 Å². The summed E-state index contributed by atoms with van der Waals surface area (Å²) >= 11 is 5.90. The number of rotatable bonds is 4. The minimum atomic E-state index is -0.617. The van der Waals surface area contributed by atoms with Gasteiger partial charge in [-0.3, -0.25) is 25.8 Å². The normalized spacial score (nSPS) is 10.7. The van der Waals surface area contributed by atoms with Crippen LogP contribution in [0.15, 0.2) is 42.5 Å². The molecule has 0 fully saturated rings. The van der Waals surface area contributed by atoms with Crippen molar-refractivity contribution in [3.05, 3.63) is 58.6 Å². The zero-order valence-electron chi connectivity index (χ0n) is 16.5. The van der Waals surface area contributed by atoms with E-state index in [1.807, 2.05) is 0 Å². The Morgan fingerprint density at radius 3 is 2.14 bits per heavy atom. The van der Waals surface area contributed by atoms with Crippen LogP contribution in [0.25, 0.3) is 0 Å². The van der Waals surface area contributed by atoms with Crippen LogP contribution in [0, 0.1) is 0 Å². The van der Waals surface area contributed by atoms with Gasteiger partial charge in [-0.1, -0.05) is 11.6 Å². The summed E-state index contributed by atoms with van der Waals surface area (Å²) in [5.41, 5.74) is 4.91. The topological polar surface area (TPSA) is 106 Å². The maximum atomic E-state index is 12.3. The number of carbonyl (C=O) groups excluding carboxylic acids is 3. The summed E-state index contributed by atoms with van der Waals surface area (Å²) in [5.74, 6) is -0.803. The Morgan fingerprint density at radius 1 is 0.931 bits per heavy atom.